The van der Waals surface area contributed by atoms with Crippen molar-refractivity contribution in [2.45, 2.75) is 19.4 Å². The highest BCUT2D eigenvalue weighted by molar-refractivity contribution is 5.95. The first-order valence-corrected chi connectivity index (χ1v) is 5.20. The van der Waals surface area contributed by atoms with Gasteiger partial charge in [0.2, 0.25) is 0 Å². The lowest BCUT2D eigenvalue weighted by atomic mass is 10.1. The van der Waals surface area contributed by atoms with Gasteiger partial charge in [0.1, 0.15) is 0 Å². The topological polar surface area (TPSA) is 46.3 Å². The number of rotatable bonds is 1. The van der Waals surface area contributed by atoms with Gasteiger partial charge in [0.05, 0.1) is 0 Å². The van der Waals surface area contributed by atoms with Crippen LogP contribution in [0.5, 0.6) is 0 Å². The average molecular weight is 203 g/mol. The van der Waals surface area contributed by atoms with Gasteiger partial charge in [-0.3, -0.25) is 4.79 Å². The summed E-state index contributed by atoms with van der Waals surface area (Å²) < 4.78 is 0. The van der Waals surface area contributed by atoms with Crippen molar-refractivity contribution in [3.8, 4) is 0 Å². The molecule has 15 heavy (non-hydrogen) atoms. The summed E-state index contributed by atoms with van der Waals surface area (Å²) in [6.45, 7) is 3.39. The van der Waals surface area contributed by atoms with Crippen LogP contribution in [0, 0.1) is 13.0 Å². The van der Waals surface area contributed by atoms with Gasteiger partial charge in [-0.15, -0.1) is 0 Å². The predicted molar refractivity (Wildman–Crippen MR) is 58.5 cm³/mol. The molecule has 79 valence electrons. The summed E-state index contributed by atoms with van der Waals surface area (Å²) >= 11 is 0. The van der Waals surface area contributed by atoms with Crippen LogP contribution in [0.3, 0.4) is 0 Å². The Labute approximate surface area is 89.9 Å². The van der Waals surface area contributed by atoms with Gasteiger partial charge < -0.3 is 10.6 Å². The van der Waals surface area contributed by atoms with Gasteiger partial charge in [-0.1, -0.05) is 12.1 Å². The van der Waals surface area contributed by atoms with Gasteiger partial charge in [0, 0.05) is 24.7 Å². The molecule has 1 heterocycles. The number of hydrogen-bond donors (Lipinski definition) is 1. The molecule has 1 aliphatic heterocycles. The number of aryl methyl sites for hydroxylation is 1. The number of carbonyl (C=O) groups excluding carboxylic acids is 1. The Balaban J connectivity index is 2.18. The highest BCUT2D eigenvalue weighted by Crippen LogP contribution is 2.14. The van der Waals surface area contributed by atoms with Gasteiger partial charge in [-0.05, 0) is 31.0 Å². The molecule has 0 spiro atoms. The molecule has 0 aromatic heterocycles. The lowest BCUT2D eigenvalue weighted by Gasteiger charge is -2.16. The van der Waals surface area contributed by atoms with Crippen molar-refractivity contribution in [1.29, 1.82) is 0 Å². The van der Waals surface area contributed by atoms with Crippen LogP contribution in [0.4, 0.5) is 0 Å². The standard InChI is InChI=1S/C12H15N2O/c1-9-4-2-3-5-11(9)12(15)14-7-6-10(13)8-14/h2,4-5,10H,6-8,13H2,1H3/t10-/m0/s1. The van der Waals surface area contributed by atoms with E-state index in [1.54, 1.807) is 6.07 Å². The molecule has 0 aliphatic carbocycles. The minimum absolute atomic E-state index is 0.0808. The van der Waals surface area contributed by atoms with E-state index in [2.05, 4.69) is 6.07 Å². The maximum Gasteiger partial charge on any atom is 0.254 e. The molecule has 2 rings (SSSR count). The highest BCUT2D eigenvalue weighted by Gasteiger charge is 2.24. The normalized spacial score (nSPS) is 20.7. The highest BCUT2D eigenvalue weighted by atomic mass is 16.2. The molecular formula is C12H15N2O. The number of hydrogen-bond acceptors (Lipinski definition) is 2. The van der Waals surface area contributed by atoms with Crippen molar-refractivity contribution in [1.82, 2.24) is 4.90 Å². The Morgan fingerprint density at radius 3 is 3.07 bits per heavy atom. The van der Waals surface area contributed by atoms with Crippen LogP contribution in [0.15, 0.2) is 18.2 Å². The SMILES string of the molecule is Cc1cc[c]cc1C(=O)N1CC[C@H](N)C1. The molecule has 2 N–H and O–H groups in total. The Hall–Kier alpha value is -1.35. The van der Waals surface area contributed by atoms with E-state index in [9.17, 15) is 4.79 Å². The monoisotopic (exact) mass is 203 g/mol. The van der Waals surface area contributed by atoms with Crippen molar-refractivity contribution in [2.75, 3.05) is 13.1 Å². The van der Waals surface area contributed by atoms with E-state index in [1.165, 1.54) is 0 Å². The first-order chi connectivity index (χ1) is 7.18. The van der Waals surface area contributed by atoms with Crippen LogP contribution in [-0.4, -0.2) is 29.9 Å². The minimum Gasteiger partial charge on any atom is -0.337 e. The maximum atomic E-state index is 12.1. The smallest absolute Gasteiger partial charge is 0.254 e. The zero-order valence-corrected chi connectivity index (χ0v) is 8.86. The van der Waals surface area contributed by atoms with E-state index in [-0.39, 0.29) is 11.9 Å². The van der Waals surface area contributed by atoms with Crippen molar-refractivity contribution in [2.24, 2.45) is 5.73 Å². The van der Waals surface area contributed by atoms with Crippen molar-refractivity contribution < 1.29 is 4.79 Å². The molecular weight excluding hydrogens is 188 g/mol. The van der Waals surface area contributed by atoms with E-state index in [4.69, 9.17) is 5.73 Å². The Kier molecular flexibility index (Phi) is 2.73. The van der Waals surface area contributed by atoms with E-state index in [0.29, 0.717) is 6.54 Å². The van der Waals surface area contributed by atoms with Crippen molar-refractivity contribution in [3.63, 3.8) is 0 Å². The molecule has 3 nitrogen and oxygen atoms in total. The lowest BCUT2D eigenvalue weighted by Crippen LogP contribution is -2.32. The van der Waals surface area contributed by atoms with Gasteiger partial charge in [0.25, 0.3) is 5.91 Å². The van der Waals surface area contributed by atoms with Gasteiger partial charge in [-0.2, -0.15) is 0 Å². The number of benzene rings is 1. The molecule has 1 aromatic rings. The number of likely N-dealkylation sites (tertiary alicyclic amines) is 1. The second-order valence-corrected chi connectivity index (χ2v) is 4.04. The lowest BCUT2D eigenvalue weighted by molar-refractivity contribution is 0.0790. The summed E-state index contributed by atoms with van der Waals surface area (Å²) in [5.41, 5.74) is 7.52. The van der Waals surface area contributed by atoms with Gasteiger partial charge in [0.15, 0.2) is 0 Å². The van der Waals surface area contributed by atoms with Crippen LogP contribution in [-0.2, 0) is 0 Å². The fourth-order valence-electron chi connectivity index (χ4n) is 1.88. The Morgan fingerprint density at radius 1 is 1.67 bits per heavy atom. The quantitative estimate of drug-likeness (QED) is 0.739. The summed E-state index contributed by atoms with van der Waals surface area (Å²) in [7, 11) is 0. The second-order valence-electron chi connectivity index (χ2n) is 4.04. The zero-order chi connectivity index (χ0) is 10.8. The molecule has 1 fully saturated rings. The molecule has 1 saturated heterocycles. The van der Waals surface area contributed by atoms with Crippen LogP contribution in [0.25, 0.3) is 0 Å². The van der Waals surface area contributed by atoms with Crippen LogP contribution in [0.2, 0.25) is 0 Å². The van der Waals surface area contributed by atoms with E-state index < -0.39 is 0 Å². The number of nitrogens with two attached hydrogens (primary N) is 1. The number of nitrogens with zero attached hydrogens (tertiary/aromatic N) is 1. The molecule has 0 bridgehead atoms. The molecule has 1 aliphatic rings. The summed E-state index contributed by atoms with van der Waals surface area (Å²) in [4.78, 5) is 13.9. The van der Waals surface area contributed by atoms with E-state index >= 15 is 0 Å². The van der Waals surface area contributed by atoms with E-state index in [1.807, 2.05) is 24.0 Å². The van der Waals surface area contributed by atoms with E-state index in [0.717, 1.165) is 24.1 Å². The predicted octanol–water partition coefficient (Wildman–Crippen LogP) is 0.968. The first kappa shape index (κ1) is 10.2. The van der Waals surface area contributed by atoms with Crippen LogP contribution < -0.4 is 5.73 Å². The van der Waals surface area contributed by atoms with Crippen molar-refractivity contribution in [3.05, 3.63) is 35.4 Å². The fraction of sp³-hybridized carbons (Fsp3) is 0.417. The summed E-state index contributed by atoms with van der Waals surface area (Å²) in [5, 5.41) is 0. The third-order valence-electron chi connectivity index (χ3n) is 2.82. The second kappa shape index (κ2) is 4.03. The first-order valence-electron chi connectivity index (χ1n) is 5.20. The van der Waals surface area contributed by atoms with Crippen LogP contribution >= 0.6 is 0 Å². The average Bonchev–Trinajstić information content (AvgIpc) is 2.65. The molecule has 0 saturated carbocycles. The molecule has 1 atom stereocenters. The van der Waals surface area contributed by atoms with Crippen LogP contribution in [0.1, 0.15) is 22.3 Å². The molecule has 1 radical (unpaired) electrons. The largest absolute Gasteiger partial charge is 0.337 e. The van der Waals surface area contributed by atoms with Gasteiger partial charge >= 0.3 is 0 Å². The molecule has 3 heteroatoms. The Bertz CT molecular complexity index is 376. The summed E-state index contributed by atoms with van der Waals surface area (Å²) in [5.74, 6) is 0.0808. The molecule has 0 unspecified atom stereocenters. The molecule has 1 aromatic carbocycles. The number of amides is 1. The third-order valence-corrected chi connectivity index (χ3v) is 2.82. The summed E-state index contributed by atoms with van der Waals surface area (Å²) in [6.07, 6.45) is 0.904. The van der Waals surface area contributed by atoms with Crippen molar-refractivity contribution >= 4 is 5.91 Å². The Morgan fingerprint density at radius 2 is 2.47 bits per heavy atom. The van der Waals surface area contributed by atoms with Gasteiger partial charge in [-0.25, -0.2) is 0 Å². The minimum atomic E-state index is 0.0808. The fourth-order valence-corrected chi connectivity index (χ4v) is 1.88. The summed E-state index contributed by atoms with van der Waals surface area (Å²) in [6, 6.07) is 8.56. The maximum absolute atomic E-state index is 12.1. The number of carbonyl (C=O) groups is 1. The molecule has 1 amide bonds. The zero-order valence-electron chi connectivity index (χ0n) is 8.86. The third kappa shape index (κ3) is 2.02.